The Balaban J connectivity index is 1.48. The highest BCUT2D eigenvalue weighted by Gasteiger charge is 2.51. The molecule has 3 heterocycles. The number of halogens is 3. The molecular formula is C22H23F3O3. The lowest BCUT2D eigenvalue weighted by Gasteiger charge is -2.53. The van der Waals surface area contributed by atoms with Gasteiger partial charge in [-0.05, 0) is 36.1 Å². The molecule has 0 radical (unpaired) electrons. The van der Waals surface area contributed by atoms with Crippen LogP contribution in [0.25, 0.3) is 11.1 Å². The minimum Gasteiger partial charge on any atom is -0.406 e. The van der Waals surface area contributed by atoms with Gasteiger partial charge in [-0.25, -0.2) is 0 Å². The zero-order chi connectivity index (χ0) is 19.8. The van der Waals surface area contributed by atoms with Crippen molar-refractivity contribution in [1.29, 1.82) is 0 Å². The molecule has 0 aliphatic carbocycles. The number of ether oxygens (including phenoxy) is 3. The van der Waals surface area contributed by atoms with Crippen molar-refractivity contribution in [2.45, 2.75) is 44.8 Å². The van der Waals surface area contributed by atoms with Crippen molar-refractivity contribution in [3.63, 3.8) is 0 Å². The van der Waals surface area contributed by atoms with Gasteiger partial charge in [-0.15, -0.1) is 13.2 Å². The lowest BCUT2D eigenvalue weighted by Crippen LogP contribution is -2.53. The molecule has 2 bridgehead atoms. The van der Waals surface area contributed by atoms with Gasteiger partial charge in [-0.2, -0.15) is 0 Å². The minimum atomic E-state index is -4.68. The molecule has 2 aromatic rings. The second-order valence-corrected chi connectivity index (χ2v) is 7.73. The molecule has 150 valence electrons. The molecule has 0 spiro atoms. The zero-order valence-corrected chi connectivity index (χ0v) is 15.7. The second kappa shape index (κ2) is 7.08. The van der Waals surface area contributed by atoms with Gasteiger partial charge in [-0.3, -0.25) is 0 Å². The quantitative estimate of drug-likeness (QED) is 0.622. The van der Waals surface area contributed by atoms with Gasteiger partial charge in [0.25, 0.3) is 0 Å². The molecule has 6 heteroatoms. The molecule has 0 saturated carbocycles. The van der Waals surface area contributed by atoms with Crippen molar-refractivity contribution in [3.8, 4) is 16.9 Å². The van der Waals surface area contributed by atoms with Crippen LogP contribution in [-0.2, 0) is 15.3 Å². The van der Waals surface area contributed by atoms with Crippen molar-refractivity contribution >= 4 is 0 Å². The first-order valence-corrected chi connectivity index (χ1v) is 9.58. The number of benzene rings is 2. The van der Waals surface area contributed by atoms with Crippen LogP contribution in [0.2, 0.25) is 0 Å². The highest BCUT2D eigenvalue weighted by Crippen LogP contribution is 2.51. The Hall–Kier alpha value is -2.05. The molecule has 3 nitrogen and oxygen atoms in total. The fraction of sp³-hybridized carbons (Fsp3) is 0.455. The molecule has 0 aromatic heterocycles. The predicted octanol–water partition coefficient (Wildman–Crippen LogP) is 6.03. The lowest BCUT2D eigenvalue weighted by atomic mass is 9.74. The Morgan fingerprint density at radius 2 is 1.46 bits per heavy atom. The van der Waals surface area contributed by atoms with E-state index in [1.807, 2.05) is 24.3 Å². The summed E-state index contributed by atoms with van der Waals surface area (Å²) in [7, 11) is 0. The molecule has 28 heavy (non-hydrogen) atoms. The van der Waals surface area contributed by atoms with E-state index in [2.05, 4.69) is 11.7 Å². The van der Waals surface area contributed by atoms with Gasteiger partial charge < -0.3 is 14.2 Å². The molecule has 2 aromatic carbocycles. The number of hydrogen-bond acceptors (Lipinski definition) is 3. The molecule has 0 N–H and O–H groups in total. The number of hydrogen-bond donors (Lipinski definition) is 0. The van der Waals surface area contributed by atoms with Crippen LogP contribution in [0.15, 0.2) is 48.5 Å². The van der Waals surface area contributed by atoms with Crippen LogP contribution < -0.4 is 4.74 Å². The molecule has 0 atom stereocenters. The molecule has 3 aliphatic rings. The van der Waals surface area contributed by atoms with Crippen LogP contribution in [0.1, 0.15) is 38.2 Å². The van der Waals surface area contributed by atoms with Crippen LogP contribution >= 0.6 is 0 Å². The van der Waals surface area contributed by atoms with E-state index < -0.39 is 12.1 Å². The van der Waals surface area contributed by atoms with Crippen LogP contribution in [-0.4, -0.2) is 19.6 Å². The van der Waals surface area contributed by atoms with Crippen LogP contribution in [0.4, 0.5) is 13.2 Å². The molecule has 0 unspecified atom stereocenters. The fourth-order valence-electron chi connectivity index (χ4n) is 4.22. The van der Waals surface area contributed by atoms with Gasteiger partial charge in [0.2, 0.25) is 0 Å². The monoisotopic (exact) mass is 392 g/mol. The van der Waals surface area contributed by atoms with E-state index in [9.17, 15) is 13.2 Å². The van der Waals surface area contributed by atoms with E-state index in [1.54, 1.807) is 12.1 Å². The Bertz CT molecular complexity index is 788. The summed E-state index contributed by atoms with van der Waals surface area (Å²) in [5.41, 5.74) is 2.87. The highest BCUT2D eigenvalue weighted by atomic mass is 19.4. The maximum Gasteiger partial charge on any atom is 0.573 e. The van der Waals surface area contributed by atoms with Gasteiger partial charge in [0.1, 0.15) is 5.75 Å². The molecule has 0 amide bonds. The normalized spacial score (nSPS) is 27.0. The Morgan fingerprint density at radius 1 is 0.893 bits per heavy atom. The lowest BCUT2D eigenvalue weighted by molar-refractivity contribution is -0.351. The van der Waals surface area contributed by atoms with Gasteiger partial charge >= 0.3 is 6.36 Å². The van der Waals surface area contributed by atoms with Crippen LogP contribution in [0.3, 0.4) is 0 Å². The fourth-order valence-corrected chi connectivity index (χ4v) is 4.22. The number of rotatable bonds is 5. The van der Waals surface area contributed by atoms with Crippen LogP contribution in [0.5, 0.6) is 5.75 Å². The van der Waals surface area contributed by atoms with Gasteiger partial charge in [0.15, 0.2) is 5.79 Å². The van der Waals surface area contributed by atoms with Crippen LogP contribution in [0, 0.1) is 5.41 Å². The van der Waals surface area contributed by atoms with E-state index in [0.29, 0.717) is 0 Å². The first-order chi connectivity index (χ1) is 13.3. The Morgan fingerprint density at radius 3 is 1.93 bits per heavy atom. The maximum absolute atomic E-state index is 12.3. The predicted molar refractivity (Wildman–Crippen MR) is 98.7 cm³/mol. The van der Waals surface area contributed by atoms with Gasteiger partial charge in [0.05, 0.1) is 13.2 Å². The summed E-state index contributed by atoms with van der Waals surface area (Å²) in [6, 6.07) is 13.7. The smallest absolute Gasteiger partial charge is 0.406 e. The first-order valence-electron chi connectivity index (χ1n) is 9.58. The molecule has 3 saturated heterocycles. The maximum atomic E-state index is 12.3. The van der Waals surface area contributed by atoms with Crippen molar-refractivity contribution in [1.82, 2.24) is 0 Å². The first kappa shape index (κ1) is 19.3. The summed E-state index contributed by atoms with van der Waals surface area (Å²) in [6.07, 6.45) is -0.493. The van der Waals surface area contributed by atoms with E-state index in [0.717, 1.165) is 55.6 Å². The largest absolute Gasteiger partial charge is 0.573 e. The van der Waals surface area contributed by atoms with Crippen molar-refractivity contribution in [3.05, 3.63) is 54.1 Å². The number of alkyl halides is 3. The van der Waals surface area contributed by atoms with Crippen molar-refractivity contribution in [2.75, 3.05) is 13.2 Å². The Labute approximate surface area is 162 Å². The molecular weight excluding hydrogens is 369 g/mol. The minimum absolute atomic E-state index is 0.163. The summed E-state index contributed by atoms with van der Waals surface area (Å²) in [5, 5.41) is 0. The zero-order valence-electron chi connectivity index (χ0n) is 15.7. The average molecular weight is 392 g/mol. The third-order valence-electron chi connectivity index (χ3n) is 5.73. The molecule has 5 rings (SSSR count). The van der Waals surface area contributed by atoms with Crippen molar-refractivity contribution < 1.29 is 27.4 Å². The summed E-state index contributed by atoms with van der Waals surface area (Å²) in [6.45, 7) is 3.64. The molecule has 3 aliphatic heterocycles. The third kappa shape index (κ3) is 3.76. The summed E-state index contributed by atoms with van der Waals surface area (Å²) in [5.74, 6) is -0.896. The van der Waals surface area contributed by atoms with Gasteiger partial charge in [-0.1, -0.05) is 49.7 Å². The number of fused-ring (bicyclic) bond motifs is 3. The topological polar surface area (TPSA) is 27.7 Å². The highest BCUT2D eigenvalue weighted by molar-refractivity contribution is 5.64. The standard InChI is InChI=1S/C22H23F3O3/c1-2-11-20-12-13-21(26-14-20,27-15-20)18-7-3-16(4-8-18)17-5-9-19(10-6-17)28-22(23,24)25/h3-10H,2,11-15H2,1H3. The average Bonchev–Trinajstić information content (AvgIpc) is 2.69. The van der Waals surface area contributed by atoms with E-state index in [1.165, 1.54) is 12.1 Å². The van der Waals surface area contributed by atoms with E-state index in [-0.39, 0.29) is 11.2 Å². The Kier molecular flexibility index (Phi) is 4.88. The SMILES string of the molecule is CCCC12CCC(c3ccc(-c4ccc(OC(F)(F)F)cc4)cc3)(OC1)OC2. The third-order valence-corrected chi connectivity index (χ3v) is 5.73. The molecule has 3 fully saturated rings. The summed E-state index contributed by atoms with van der Waals surface area (Å²) < 4.78 is 53.1. The van der Waals surface area contributed by atoms with Gasteiger partial charge in [0, 0.05) is 17.4 Å². The van der Waals surface area contributed by atoms with E-state index in [4.69, 9.17) is 9.47 Å². The van der Waals surface area contributed by atoms with E-state index >= 15 is 0 Å². The van der Waals surface area contributed by atoms with Crippen molar-refractivity contribution in [2.24, 2.45) is 5.41 Å². The summed E-state index contributed by atoms with van der Waals surface area (Å²) >= 11 is 0. The summed E-state index contributed by atoms with van der Waals surface area (Å²) in [4.78, 5) is 0. The second-order valence-electron chi connectivity index (χ2n) is 7.73.